The zero-order chi connectivity index (χ0) is 14.7. The highest BCUT2D eigenvalue weighted by Gasteiger charge is 2.54. The first-order valence-electron chi connectivity index (χ1n) is 6.64. The van der Waals surface area contributed by atoms with Crippen LogP contribution in [0.2, 0.25) is 0 Å². The van der Waals surface area contributed by atoms with Crippen molar-refractivity contribution in [1.29, 1.82) is 0 Å². The first-order chi connectivity index (χ1) is 8.65. The van der Waals surface area contributed by atoms with Gasteiger partial charge in [0.25, 0.3) is 0 Å². The number of ether oxygens (including phenoxy) is 1. The Hall–Kier alpha value is -0.780. The van der Waals surface area contributed by atoms with Crippen molar-refractivity contribution in [1.82, 2.24) is 5.32 Å². The Morgan fingerprint density at radius 3 is 2.32 bits per heavy atom. The largest absolute Gasteiger partial charge is 0.465 e. The molecule has 0 saturated heterocycles. The van der Waals surface area contributed by atoms with Crippen LogP contribution in [0.25, 0.3) is 0 Å². The molecule has 0 bridgehead atoms. The zero-order valence-corrected chi connectivity index (χ0v) is 11.7. The van der Waals surface area contributed by atoms with E-state index in [1.807, 2.05) is 13.8 Å². The molecule has 19 heavy (non-hydrogen) atoms. The van der Waals surface area contributed by atoms with Gasteiger partial charge in [-0.1, -0.05) is 26.7 Å². The summed E-state index contributed by atoms with van der Waals surface area (Å²) < 4.78 is 42.4. The van der Waals surface area contributed by atoms with E-state index in [-0.39, 0.29) is 6.61 Å². The van der Waals surface area contributed by atoms with Gasteiger partial charge in [0.1, 0.15) is 5.54 Å². The van der Waals surface area contributed by atoms with E-state index in [0.29, 0.717) is 12.8 Å². The number of halogens is 3. The fourth-order valence-corrected chi connectivity index (χ4v) is 2.79. The topological polar surface area (TPSA) is 38.3 Å². The SMILES string of the molecule is CCOC(=O)C1(NCC(F)(F)F)CCCCC1(C)C. The molecule has 0 heterocycles. The van der Waals surface area contributed by atoms with Crippen molar-refractivity contribution in [2.45, 2.75) is 58.2 Å². The Bertz CT molecular complexity index is 328. The molecular weight excluding hydrogens is 259 g/mol. The summed E-state index contributed by atoms with van der Waals surface area (Å²) in [5.41, 5.74) is -1.79. The highest BCUT2D eigenvalue weighted by Crippen LogP contribution is 2.45. The van der Waals surface area contributed by atoms with Crippen LogP contribution in [0, 0.1) is 5.41 Å². The van der Waals surface area contributed by atoms with Crippen LogP contribution in [0.15, 0.2) is 0 Å². The number of hydrogen-bond donors (Lipinski definition) is 1. The average Bonchev–Trinajstić information content (AvgIpc) is 2.26. The van der Waals surface area contributed by atoms with Gasteiger partial charge in [-0.25, -0.2) is 0 Å². The van der Waals surface area contributed by atoms with Crippen molar-refractivity contribution in [2.24, 2.45) is 5.41 Å². The normalized spacial score (nSPS) is 27.1. The van der Waals surface area contributed by atoms with E-state index in [1.54, 1.807) is 6.92 Å². The van der Waals surface area contributed by atoms with Gasteiger partial charge in [0.2, 0.25) is 0 Å². The summed E-state index contributed by atoms with van der Waals surface area (Å²) in [5, 5.41) is 2.45. The van der Waals surface area contributed by atoms with Crippen LogP contribution in [-0.4, -0.2) is 30.8 Å². The smallest absolute Gasteiger partial charge is 0.401 e. The van der Waals surface area contributed by atoms with E-state index in [9.17, 15) is 18.0 Å². The van der Waals surface area contributed by atoms with Crippen molar-refractivity contribution in [3.63, 3.8) is 0 Å². The van der Waals surface area contributed by atoms with Crippen LogP contribution in [-0.2, 0) is 9.53 Å². The molecule has 1 N–H and O–H groups in total. The number of rotatable bonds is 4. The third-order valence-corrected chi connectivity index (χ3v) is 3.97. The number of hydrogen-bond acceptors (Lipinski definition) is 3. The molecule has 0 aliphatic heterocycles. The van der Waals surface area contributed by atoms with E-state index >= 15 is 0 Å². The van der Waals surface area contributed by atoms with E-state index in [4.69, 9.17) is 4.74 Å². The lowest BCUT2D eigenvalue weighted by atomic mass is 9.63. The van der Waals surface area contributed by atoms with Gasteiger partial charge in [-0.3, -0.25) is 10.1 Å². The number of esters is 1. The van der Waals surface area contributed by atoms with Gasteiger partial charge in [-0.2, -0.15) is 13.2 Å². The first-order valence-corrected chi connectivity index (χ1v) is 6.64. The Morgan fingerprint density at radius 2 is 1.84 bits per heavy atom. The van der Waals surface area contributed by atoms with Gasteiger partial charge in [-0.15, -0.1) is 0 Å². The van der Waals surface area contributed by atoms with Gasteiger partial charge in [-0.05, 0) is 25.2 Å². The fourth-order valence-electron chi connectivity index (χ4n) is 2.79. The molecule has 1 rings (SSSR count). The van der Waals surface area contributed by atoms with Gasteiger partial charge >= 0.3 is 12.1 Å². The van der Waals surface area contributed by atoms with Gasteiger partial charge < -0.3 is 4.74 Å². The molecule has 0 aromatic heterocycles. The molecule has 0 aromatic rings. The number of alkyl halides is 3. The lowest BCUT2D eigenvalue weighted by molar-refractivity contribution is -0.166. The molecule has 1 atom stereocenters. The molecule has 0 amide bonds. The predicted molar refractivity (Wildman–Crippen MR) is 65.7 cm³/mol. The van der Waals surface area contributed by atoms with E-state index in [1.165, 1.54) is 0 Å². The van der Waals surface area contributed by atoms with Crippen molar-refractivity contribution in [2.75, 3.05) is 13.2 Å². The maximum absolute atomic E-state index is 12.5. The van der Waals surface area contributed by atoms with Gasteiger partial charge in [0, 0.05) is 0 Å². The molecule has 1 fully saturated rings. The minimum Gasteiger partial charge on any atom is -0.465 e. The molecule has 0 aromatic carbocycles. The minimum absolute atomic E-state index is 0.171. The quantitative estimate of drug-likeness (QED) is 0.805. The second-order valence-electron chi connectivity index (χ2n) is 5.69. The lowest BCUT2D eigenvalue weighted by Gasteiger charge is -2.48. The highest BCUT2D eigenvalue weighted by molar-refractivity contribution is 5.82. The third-order valence-electron chi connectivity index (χ3n) is 3.97. The molecule has 6 heteroatoms. The summed E-state index contributed by atoms with van der Waals surface area (Å²) in [5.74, 6) is -0.566. The van der Waals surface area contributed by atoms with E-state index < -0.39 is 29.6 Å². The van der Waals surface area contributed by atoms with Gasteiger partial charge in [0.05, 0.1) is 13.2 Å². The van der Waals surface area contributed by atoms with Crippen molar-refractivity contribution >= 4 is 5.97 Å². The monoisotopic (exact) mass is 281 g/mol. The molecule has 3 nitrogen and oxygen atoms in total. The Balaban J connectivity index is 2.98. The standard InChI is InChI=1S/C13H22F3NO2/c1-4-19-10(18)12(17-9-13(14,15)16)8-6-5-7-11(12,2)3/h17H,4-9H2,1-3H3. The lowest BCUT2D eigenvalue weighted by Crippen LogP contribution is -2.65. The number of nitrogens with one attached hydrogen (secondary N) is 1. The van der Waals surface area contributed by atoms with Crippen molar-refractivity contribution in [3.8, 4) is 0 Å². The Morgan fingerprint density at radius 1 is 1.26 bits per heavy atom. The summed E-state index contributed by atoms with van der Waals surface area (Å²) in [4.78, 5) is 12.2. The van der Waals surface area contributed by atoms with Crippen LogP contribution in [0.5, 0.6) is 0 Å². The maximum Gasteiger partial charge on any atom is 0.401 e. The summed E-state index contributed by atoms with van der Waals surface area (Å²) in [7, 11) is 0. The zero-order valence-electron chi connectivity index (χ0n) is 11.7. The number of carbonyl (C=O) groups excluding carboxylic acids is 1. The Kier molecular flexibility index (Phi) is 4.87. The molecule has 0 radical (unpaired) electrons. The van der Waals surface area contributed by atoms with Crippen LogP contribution in [0.1, 0.15) is 46.5 Å². The Labute approximate surface area is 111 Å². The molecule has 0 spiro atoms. The molecule has 1 aliphatic carbocycles. The summed E-state index contributed by atoms with van der Waals surface area (Å²) in [6, 6.07) is 0. The maximum atomic E-state index is 12.5. The first kappa shape index (κ1) is 16.3. The van der Waals surface area contributed by atoms with Crippen LogP contribution in [0.4, 0.5) is 13.2 Å². The van der Waals surface area contributed by atoms with Gasteiger partial charge in [0.15, 0.2) is 0 Å². The molecule has 112 valence electrons. The fraction of sp³-hybridized carbons (Fsp3) is 0.923. The van der Waals surface area contributed by atoms with Crippen LogP contribution in [0.3, 0.4) is 0 Å². The molecule has 1 saturated carbocycles. The van der Waals surface area contributed by atoms with Crippen LogP contribution < -0.4 is 5.32 Å². The van der Waals surface area contributed by atoms with Crippen LogP contribution >= 0.6 is 0 Å². The van der Waals surface area contributed by atoms with Crippen molar-refractivity contribution in [3.05, 3.63) is 0 Å². The summed E-state index contributed by atoms with van der Waals surface area (Å²) in [6.45, 7) is 4.31. The highest BCUT2D eigenvalue weighted by atomic mass is 19.4. The molecular formula is C13H22F3NO2. The third kappa shape index (κ3) is 3.61. The minimum atomic E-state index is -4.34. The average molecular weight is 281 g/mol. The summed E-state index contributed by atoms with van der Waals surface area (Å²) in [6.07, 6.45) is -1.60. The molecule has 1 unspecified atom stereocenters. The summed E-state index contributed by atoms with van der Waals surface area (Å²) >= 11 is 0. The van der Waals surface area contributed by atoms with E-state index in [2.05, 4.69) is 5.32 Å². The van der Waals surface area contributed by atoms with Crippen molar-refractivity contribution < 1.29 is 22.7 Å². The molecule has 1 aliphatic rings. The number of carbonyl (C=O) groups is 1. The van der Waals surface area contributed by atoms with E-state index in [0.717, 1.165) is 12.8 Å². The second kappa shape index (κ2) is 5.69. The predicted octanol–water partition coefficient (Wildman–Crippen LogP) is 3.04. The second-order valence-corrected chi connectivity index (χ2v) is 5.69.